The minimum atomic E-state index is -3.92. The maximum Gasteiger partial charge on any atom is 0.244 e. The first kappa shape index (κ1) is 14.7. The molecule has 1 aromatic heterocycles. The van der Waals surface area contributed by atoms with Gasteiger partial charge in [0.15, 0.2) is 0 Å². The molecular formula is C10H11ClFN5O2S. The lowest BCUT2D eigenvalue weighted by Crippen LogP contribution is -2.27. The maximum absolute atomic E-state index is 13.2. The molecule has 1 aromatic carbocycles. The van der Waals surface area contributed by atoms with Gasteiger partial charge in [-0.15, -0.1) is 0 Å². The average Bonchev–Trinajstić information content (AvgIpc) is 2.86. The Morgan fingerprint density at radius 3 is 2.80 bits per heavy atom. The van der Waals surface area contributed by atoms with E-state index in [1.807, 2.05) is 0 Å². The molecule has 0 aliphatic heterocycles. The van der Waals surface area contributed by atoms with Crippen LogP contribution in [0.2, 0.25) is 5.02 Å². The van der Waals surface area contributed by atoms with Crippen LogP contribution in [0, 0.1) is 5.82 Å². The van der Waals surface area contributed by atoms with Gasteiger partial charge in [0.05, 0.1) is 17.3 Å². The maximum atomic E-state index is 13.2. The first-order valence-corrected chi connectivity index (χ1v) is 7.19. The van der Waals surface area contributed by atoms with E-state index in [-0.39, 0.29) is 22.2 Å². The van der Waals surface area contributed by atoms with E-state index < -0.39 is 15.8 Å². The van der Waals surface area contributed by atoms with Crippen molar-refractivity contribution in [3.8, 4) is 0 Å². The lowest BCUT2D eigenvalue weighted by atomic mass is 10.3. The molecule has 0 saturated heterocycles. The number of aromatic nitrogens is 3. The highest BCUT2D eigenvalue weighted by Crippen LogP contribution is 2.28. The molecule has 0 saturated carbocycles. The normalized spacial score (nSPS) is 12.0. The molecule has 20 heavy (non-hydrogen) atoms. The van der Waals surface area contributed by atoms with E-state index in [4.69, 9.17) is 17.3 Å². The predicted octanol–water partition coefficient (Wildman–Crippen LogP) is 1.00. The summed E-state index contributed by atoms with van der Waals surface area (Å²) in [5.74, 6) is -0.408. The van der Waals surface area contributed by atoms with Crippen LogP contribution in [0.25, 0.3) is 0 Å². The summed E-state index contributed by atoms with van der Waals surface area (Å²) in [6.07, 6.45) is 1.26. The molecule has 0 amide bonds. The first-order chi connectivity index (χ1) is 9.32. The number of nitrogens with zero attached hydrogens (tertiary/aromatic N) is 3. The van der Waals surface area contributed by atoms with Crippen molar-refractivity contribution in [3.05, 3.63) is 35.1 Å². The highest BCUT2D eigenvalue weighted by atomic mass is 35.5. The zero-order chi connectivity index (χ0) is 14.9. The van der Waals surface area contributed by atoms with E-state index in [1.54, 1.807) is 0 Å². The van der Waals surface area contributed by atoms with Crippen LogP contribution >= 0.6 is 11.6 Å². The van der Waals surface area contributed by atoms with Crippen LogP contribution in [-0.2, 0) is 16.6 Å². The van der Waals surface area contributed by atoms with Gasteiger partial charge < -0.3 is 5.73 Å². The van der Waals surface area contributed by atoms with E-state index in [1.165, 1.54) is 13.4 Å². The van der Waals surface area contributed by atoms with Gasteiger partial charge in [-0.2, -0.15) is 9.40 Å². The molecule has 0 fully saturated rings. The minimum absolute atomic E-state index is 0.0318. The third-order valence-electron chi connectivity index (χ3n) is 2.58. The third kappa shape index (κ3) is 2.74. The van der Waals surface area contributed by atoms with Crippen molar-refractivity contribution in [3.63, 3.8) is 0 Å². The Hall–Kier alpha value is -1.71. The van der Waals surface area contributed by atoms with Gasteiger partial charge in [0, 0.05) is 7.05 Å². The topological polar surface area (TPSA) is 105 Å². The second-order valence-corrected chi connectivity index (χ2v) is 6.42. The molecule has 10 heteroatoms. The number of rotatable bonds is 4. The van der Waals surface area contributed by atoms with Crippen LogP contribution in [0.15, 0.2) is 23.4 Å². The van der Waals surface area contributed by atoms with Gasteiger partial charge in [-0.25, -0.2) is 17.8 Å². The highest BCUT2D eigenvalue weighted by molar-refractivity contribution is 7.89. The summed E-state index contributed by atoms with van der Waals surface area (Å²) in [6, 6.07) is 1.86. The van der Waals surface area contributed by atoms with E-state index in [0.717, 1.165) is 16.4 Å². The van der Waals surface area contributed by atoms with Crippen molar-refractivity contribution in [1.29, 1.82) is 0 Å². The minimum Gasteiger partial charge on any atom is -0.396 e. The number of aromatic amines is 1. The summed E-state index contributed by atoms with van der Waals surface area (Å²) in [7, 11) is -2.58. The van der Waals surface area contributed by atoms with Crippen molar-refractivity contribution >= 4 is 27.3 Å². The van der Waals surface area contributed by atoms with Crippen LogP contribution in [0.4, 0.5) is 10.1 Å². The number of hydrogen-bond acceptors (Lipinski definition) is 5. The molecule has 0 aliphatic carbocycles. The second kappa shape index (κ2) is 5.35. The first-order valence-electron chi connectivity index (χ1n) is 5.37. The van der Waals surface area contributed by atoms with Crippen molar-refractivity contribution in [2.24, 2.45) is 0 Å². The van der Waals surface area contributed by atoms with Gasteiger partial charge in [-0.05, 0) is 12.1 Å². The van der Waals surface area contributed by atoms with Gasteiger partial charge in [-0.1, -0.05) is 11.6 Å². The molecule has 3 N–H and O–H groups in total. The van der Waals surface area contributed by atoms with Crippen molar-refractivity contribution < 1.29 is 12.8 Å². The summed E-state index contributed by atoms with van der Waals surface area (Å²) in [4.78, 5) is 3.56. The van der Waals surface area contributed by atoms with Gasteiger partial charge in [0.1, 0.15) is 22.9 Å². The molecule has 0 radical (unpaired) electrons. The summed E-state index contributed by atoms with van der Waals surface area (Å²) in [5.41, 5.74) is 5.09. The van der Waals surface area contributed by atoms with Gasteiger partial charge in [0.25, 0.3) is 0 Å². The fourth-order valence-corrected chi connectivity index (χ4v) is 3.17. The molecule has 0 unspecified atom stereocenters. The Balaban J connectivity index is 2.37. The van der Waals surface area contributed by atoms with Crippen LogP contribution in [0.3, 0.4) is 0 Å². The second-order valence-electron chi connectivity index (χ2n) is 4.00. The quantitative estimate of drug-likeness (QED) is 0.818. The van der Waals surface area contributed by atoms with Crippen LogP contribution < -0.4 is 5.73 Å². The predicted molar refractivity (Wildman–Crippen MR) is 70.9 cm³/mol. The molecule has 2 aromatic rings. The molecule has 0 bridgehead atoms. The fourth-order valence-electron chi connectivity index (χ4n) is 1.51. The number of nitrogens with two attached hydrogens (primary N) is 1. The number of nitrogen functional groups attached to an aromatic ring is 1. The van der Waals surface area contributed by atoms with Crippen molar-refractivity contribution in [1.82, 2.24) is 19.5 Å². The van der Waals surface area contributed by atoms with Gasteiger partial charge in [-0.3, -0.25) is 5.10 Å². The van der Waals surface area contributed by atoms with Crippen LogP contribution in [0.5, 0.6) is 0 Å². The van der Waals surface area contributed by atoms with Crippen molar-refractivity contribution in [2.45, 2.75) is 11.4 Å². The van der Waals surface area contributed by atoms with Crippen LogP contribution in [-0.4, -0.2) is 35.0 Å². The summed E-state index contributed by atoms with van der Waals surface area (Å²) >= 11 is 5.77. The number of nitrogens with one attached hydrogen (secondary N) is 1. The van der Waals surface area contributed by atoms with E-state index in [9.17, 15) is 12.8 Å². The fraction of sp³-hybridized carbons (Fsp3) is 0.200. The van der Waals surface area contributed by atoms with Gasteiger partial charge >= 0.3 is 0 Å². The molecule has 2 rings (SSSR count). The smallest absolute Gasteiger partial charge is 0.244 e. The molecule has 0 spiro atoms. The molecule has 0 atom stereocenters. The van der Waals surface area contributed by atoms with E-state index in [2.05, 4.69) is 15.2 Å². The largest absolute Gasteiger partial charge is 0.396 e. The van der Waals surface area contributed by atoms with Gasteiger partial charge in [0.2, 0.25) is 10.0 Å². The monoisotopic (exact) mass is 319 g/mol. The van der Waals surface area contributed by atoms with Crippen LogP contribution in [0.1, 0.15) is 5.82 Å². The lowest BCUT2D eigenvalue weighted by Gasteiger charge is -2.17. The molecule has 7 nitrogen and oxygen atoms in total. The Morgan fingerprint density at radius 2 is 2.20 bits per heavy atom. The number of halogens is 2. The molecule has 108 valence electrons. The lowest BCUT2D eigenvalue weighted by molar-refractivity contribution is 0.457. The van der Waals surface area contributed by atoms with E-state index in [0.29, 0.717) is 5.82 Å². The number of anilines is 1. The zero-order valence-corrected chi connectivity index (χ0v) is 11.9. The van der Waals surface area contributed by atoms with Crippen molar-refractivity contribution in [2.75, 3.05) is 12.8 Å². The Kier molecular flexibility index (Phi) is 3.93. The standard InChI is InChI=1S/C10H11ClFN5O2S/c1-17(4-10-14-5-15-16-10)20(18,19)9-3-8(13)7(12)2-6(9)11/h2-3,5H,4,13H2,1H3,(H,14,15,16). The van der Waals surface area contributed by atoms with E-state index >= 15 is 0 Å². The Bertz CT molecular complexity index is 719. The number of H-pyrrole nitrogens is 1. The zero-order valence-electron chi connectivity index (χ0n) is 10.3. The number of sulfonamides is 1. The number of benzene rings is 1. The Labute approximate surface area is 119 Å². The summed E-state index contributed by atoms with van der Waals surface area (Å²) < 4.78 is 38.9. The summed E-state index contributed by atoms with van der Waals surface area (Å²) in [5, 5.41) is 5.93. The Morgan fingerprint density at radius 1 is 1.50 bits per heavy atom. The summed E-state index contributed by atoms with van der Waals surface area (Å²) in [6.45, 7) is -0.0318. The highest BCUT2D eigenvalue weighted by Gasteiger charge is 2.25. The average molecular weight is 320 g/mol. The molecule has 0 aliphatic rings. The molecule has 1 heterocycles. The molecular weight excluding hydrogens is 309 g/mol. The number of hydrogen-bond donors (Lipinski definition) is 2. The third-order valence-corrected chi connectivity index (χ3v) is 4.84. The SMILES string of the molecule is CN(Cc1ncn[nH]1)S(=O)(=O)c1cc(N)c(F)cc1Cl.